The molecule has 1 aromatic carbocycles. The Kier molecular flexibility index (Phi) is 6.16. The lowest BCUT2D eigenvalue weighted by molar-refractivity contribution is 0.187. The topological polar surface area (TPSA) is 70.4 Å². The second kappa shape index (κ2) is 8.64. The summed E-state index contributed by atoms with van der Waals surface area (Å²) in [6.45, 7) is 2.66. The first-order chi connectivity index (χ1) is 13.9. The van der Waals surface area contributed by atoms with Gasteiger partial charge in [0, 0.05) is 17.6 Å². The van der Waals surface area contributed by atoms with Crippen molar-refractivity contribution in [1.29, 1.82) is 0 Å². The van der Waals surface area contributed by atoms with Crippen LogP contribution in [0.5, 0.6) is 5.75 Å². The second-order valence-corrected chi connectivity index (χ2v) is 10.5. The molecule has 0 aliphatic heterocycles. The van der Waals surface area contributed by atoms with Gasteiger partial charge in [-0.15, -0.1) is 0 Å². The fourth-order valence-electron chi connectivity index (χ4n) is 4.31. The van der Waals surface area contributed by atoms with Crippen molar-refractivity contribution in [1.82, 2.24) is 9.78 Å². The van der Waals surface area contributed by atoms with Gasteiger partial charge in [0.2, 0.25) is 0 Å². The summed E-state index contributed by atoms with van der Waals surface area (Å²) in [5, 5.41) is 5.99. The lowest BCUT2D eigenvalue weighted by Crippen LogP contribution is -2.20. The molecule has 2 aliphatic carbocycles. The highest BCUT2D eigenvalue weighted by Gasteiger charge is 2.24. The van der Waals surface area contributed by atoms with Gasteiger partial charge in [-0.05, 0) is 82.3 Å². The second-order valence-electron chi connectivity index (χ2n) is 8.95. The average Bonchev–Trinajstić information content (AvgIpc) is 3.40. The Bertz CT molecular complexity index is 927. The molecule has 1 atom stereocenters. The van der Waals surface area contributed by atoms with Crippen LogP contribution in [0.4, 0.5) is 0 Å². The van der Waals surface area contributed by atoms with Gasteiger partial charge in [0.25, 0.3) is 10.1 Å². The molecule has 6 nitrogen and oxygen atoms in total. The van der Waals surface area contributed by atoms with Crippen molar-refractivity contribution in [2.45, 2.75) is 70.4 Å². The van der Waals surface area contributed by atoms with E-state index in [-0.39, 0.29) is 6.10 Å². The van der Waals surface area contributed by atoms with Crippen molar-refractivity contribution in [3.63, 3.8) is 0 Å². The number of hydrogen-bond donors (Lipinski definition) is 0. The van der Waals surface area contributed by atoms with Crippen LogP contribution >= 0.6 is 0 Å². The zero-order valence-electron chi connectivity index (χ0n) is 17.4. The minimum absolute atomic E-state index is 0.240. The monoisotopic (exact) mass is 420 g/mol. The third-order valence-electron chi connectivity index (χ3n) is 6.19. The quantitative estimate of drug-likeness (QED) is 0.550. The molecule has 2 saturated carbocycles. The number of rotatable bonds is 9. The van der Waals surface area contributed by atoms with E-state index in [2.05, 4.69) is 23.0 Å². The van der Waals surface area contributed by atoms with E-state index in [0.29, 0.717) is 12.0 Å². The summed E-state index contributed by atoms with van der Waals surface area (Å²) in [6, 6.07) is 6.66. The van der Waals surface area contributed by atoms with Gasteiger partial charge in [0.05, 0.1) is 30.5 Å². The molecule has 4 rings (SSSR count). The lowest BCUT2D eigenvalue weighted by atomic mass is 9.83. The van der Waals surface area contributed by atoms with E-state index in [0.717, 1.165) is 74.0 Å². The predicted molar refractivity (Wildman–Crippen MR) is 114 cm³/mol. The fraction of sp³-hybridized carbons (Fsp3) is 0.682. The summed E-state index contributed by atoms with van der Waals surface area (Å²) in [6.07, 6.45) is 12.0. The van der Waals surface area contributed by atoms with Gasteiger partial charge in [-0.2, -0.15) is 13.5 Å². The Morgan fingerprint density at radius 3 is 2.55 bits per heavy atom. The molecule has 0 bridgehead atoms. The van der Waals surface area contributed by atoms with E-state index in [1.54, 1.807) is 0 Å². The summed E-state index contributed by atoms with van der Waals surface area (Å²) in [5.41, 5.74) is 1.01. The molecule has 7 heteroatoms. The third kappa shape index (κ3) is 5.95. The summed E-state index contributed by atoms with van der Waals surface area (Å²) >= 11 is 0. The lowest BCUT2D eigenvalue weighted by Gasteiger charge is -2.29. The summed E-state index contributed by atoms with van der Waals surface area (Å²) in [4.78, 5) is 0. The van der Waals surface area contributed by atoms with Crippen LogP contribution < -0.4 is 4.74 Å². The zero-order chi connectivity index (χ0) is 20.4. The summed E-state index contributed by atoms with van der Waals surface area (Å²) in [5.74, 6) is 2.31. The highest BCUT2D eigenvalue weighted by atomic mass is 32.2. The molecule has 0 spiro atoms. The van der Waals surface area contributed by atoms with E-state index in [1.807, 2.05) is 13.0 Å². The van der Waals surface area contributed by atoms with Crippen LogP contribution in [0.1, 0.15) is 64.3 Å². The maximum atomic E-state index is 11.2. The molecule has 2 aromatic rings. The van der Waals surface area contributed by atoms with Gasteiger partial charge >= 0.3 is 0 Å². The molecule has 1 heterocycles. The first-order valence-corrected chi connectivity index (χ1v) is 12.7. The zero-order valence-corrected chi connectivity index (χ0v) is 18.2. The molecule has 0 saturated heterocycles. The van der Waals surface area contributed by atoms with Crippen molar-refractivity contribution in [3.05, 3.63) is 24.4 Å². The number of aromatic nitrogens is 2. The molecular weight excluding hydrogens is 388 g/mol. The number of nitrogens with zero attached hydrogens (tertiary/aromatic N) is 2. The highest BCUT2D eigenvalue weighted by molar-refractivity contribution is 7.86. The molecule has 2 aliphatic rings. The molecule has 2 fully saturated rings. The standard InChI is InChI=1S/C22H32N2O4S/c1-16(28-29(2,25)26)3-4-17-7-10-20(11-8-17)24-14-19-9-12-21(13-22(19)23-24)27-15-18-5-6-18/h9,12-14,16-18,20H,3-8,10-11,15H2,1-2H3/t16?,17-,20-. The molecule has 29 heavy (non-hydrogen) atoms. The summed E-state index contributed by atoms with van der Waals surface area (Å²) in [7, 11) is -3.36. The largest absolute Gasteiger partial charge is 0.493 e. The van der Waals surface area contributed by atoms with Crippen LogP contribution in [0, 0.1) is 11.8 Å². The van der Waals surface area contributed by atoms with Crippen LogP contribution in [-0.2, 0) is 14.3 Å². The number of fused-ring (bicyclic) bond motifs is 1. The van der Waals surface area contributed by atoms with E-state index in [1.165, 1.54) is 12.8 Å². The molecule has 1 aromatic heterocycles. The minimum atomic E-state index is -3.36. The first-order valence-electron chi connectivity index (χ1n) is 10.9. The number of hydrogen-bond acceptors (Lipinski definition) is 5. The molecular formula is C22H32N2O4S. The van der Waals surface area contributed by atoms with E-state index in [9.17, 15) is 8.42 Å². The molecule has 0 radical (unpaired) electrons. The van der Waals surface area contributed by atoms with Crippen molar-refractivity contribution >= 4 is 21.0 Å². The molecule has 0 N–H and O–H groups in total. The molecule has 0 amide bonds. The number of benzene rings is 1. The Morgan fingerprint density at radius 2 is 1.86 bits per heavy atom. The average molecular weight is 421 g/mol. The van der Waals surface area contributed by atoms with Crippen molar-refractivity contribution in [3.8, 4) is 5.75 Å². The van der Waals surface area contributed by atoms with E-state index in [4.69, 9.17) is 14.0 Å². The van der Waals surface area contributed by atoms with Crippen LogP contribution in [0.3, 0.4) is 0 Å². The van der Waals surface area contributed by atoms with Gasteiger partial charge in [-0.3, -0.25) is 8.86 Å². The van der Waals surface area contributed by atoms with Gasteiger partial charge in [0.1, 0.15) is 5.75 Å². The Hall–Kier alpha value is -1.60. The summed E-state index contributed by atoms with van der Waals surface area (Å²) < 4.78 is 35.5. The smallest absolute Gasteiger partial charge is 0.264 e. The maximum Gasteiger partial charge on any atom is 0.264 e. The van der Waals surface area contributed by atoms with E-state index >= 15 is 0 Å². The van der Waals surface area contributed by atoms with Crippen molar-refractivity contribution in [2.75, 3.05) is 12.9 Å². The fourth-order valence-corrected chi connectivity index (χ4v) is 5.00. The maximum absolute atomic E-state index is 11.2. The highest BCUT2D eigenvalue weighted by Crippen LogP contribution is 2.36. The van der Waals surface area contributed by atoms with Crippen LogP contribution in [0.2, 0.25) is 0 Å². The molecule has 1 unspecified atom stereocenters. The normalized spacial score (nSPS) is 23.9. The Labute approximate surface area is 173 Å². The Morgan fingerprint density at radius 1 is 1.14 bits per heavy atom. The SMILES string of the molecule is CC(CC[C@H]1CC[C@H](n2cc3ccc(OCC4CC4)cc3n2)CC1)OS(C)(=O)=O. The van der Waals surface area contributed by atoms with Crippen LogP contribution in [0.25, 0.3) is 10.9 Å². The van der Waals surface area contributed by atoms with Gasteiger partial charge in [-0.1, -0.05) is 0 Å². The van der Waals surface area contributed by atoms with Crippen molar-refractivity contribution < 1.29 is 17.3 Å². The van der Waals surface area contributed by atoms with Gasteiger partial charge in [-0.25, -0.2) is 0 Å². The van der Waals surface area contributed by atoms with Gasteiger partial charge < -0.3 is 4.74 Å². The first kappa shape index (κ1) is 20.7. The predicted octanol–water partition coefficient (Wildman–Crippen LogP) is 4.70. The van der Waals surface area contributed by atoms with E-state index < -0.39 is 10.1 Å². The molecule has 160 valence electrons. The minimum Gasteiger partial charge on any atom is -0.493 e. The number of ether oxygens (including phenoxy) is 1. The van der Waals surface area contributed by atoms with Crippen LogP contribution in [-0.4, -0.2) is 37.2 Å². The van der Waals surface area contributed by atoms with Crippen molar-refractivity contribution in [2.24, 2.45) is 11.8 Å². The Balaban J connectivity index is 1.28. The van der Waals surface area contributed by atoms with Crippen LogP contribution in [0.15, 0.2) is 24.4 Å². The van der Waals surface area contributed by atoms with Gasteiger partial charge in [0.15, 0.2) is 0 Å². The third-order valence-corrected chi connectivity index (χ3v) is 6.87.